The van der Waals surface area contributed by atoms with Gasteiger partial charge in [-0.05, 0) is 89.9 Å². The molecule has 4 N–H and O–H groups in total. The van der Waals surface area contributed by atoms with E-state index in [9.17, 15) is 34.1 Å². The normalized spacial score (nSPS) is 14.4. The first kappa shape index (κ1) is 58.7. The van der Waals surface area contributed by atoms with Crippen LogP contribution in [-0.2, 0) is 32.7 Å². The van der Waals surface area contributed by atoms with Crippen LogP contribution in [-0.4, -0.2) is 64.9 Å². The number of carboxylic acid groups (broad SMARTS) is 1. The number of esters is 1. The van der Waals surface area contributed by atoms with Gasteiger partial charge in [0.2, 0.25) is 5.91 Å². The molecule has 0 aliphatic rings. The van der Waals surface area contributed by atoms with Gasteiger partial charge in [0.05, 0.1) is 13.2 Å². The van der Waals surface area contributed by atoms with E-state index in [4.69, 9.17) is 13.8 Å². The van der Waals surface area contributed by atoms with Crippen LogP contribution in [0.4, 0.5) is 0 Å². The minimum atomic E-state index is -4.78. The lowest BCUT2D eigenvalue weighted by Gasteiger charge is -2.18. The van der Waals surface area contributed by atoms with Gasteiger partial charge in [-0.25, -0.2) is 9.36 Å². The van der Waals surface area contributed by atoms with Crippen LogP contribution in [0.3, 0.4) is 0 Å². The number of hydrogen-bond acceptors (Lipinski definition) is 8. The summed E-state index contributed by atoms with van der Waals surface area (Å²) in [4.78, 5) is 46.0. The van der Waals surface area contributed by atoms with Crippen molar-refractivity contribution in [1.29, 1.82) is 0 Å². The van der Waals surface area contributed by atoms with E-state index in [0.29, 0.717) is 12.8 Å². The molecule has 0 rings (SSSR count). The summed E-state index contributed by atoms with van der Waals surface area (Å²) in [7, 11) is -4.78. The van der Waals surface area contributed by atoms with Gasteiger partial charge in [-0.1, -0.05) is 163 Å². The smallest absolute Gasteiger partial charge is 0.472 e. The Bertz CT molecular complexity index is 1370. The summed E-state index contributed by atoms with van der Waals surface area (Å²) in [6, 6.07) is -1.58. The number of amides is 1. The Morgan fingerprint density at radius 3 is 1.44 bits per heavy atom. The van der Waals surface area contributed by atoms with E-state index in [-0.39, 0.29) is 12.8 Å². The third-order valence-corrected chi connectivity index (χ3v) is 10.6. The Morgan fingerprint density at radius 1 is 0.532 bits per heavy atom. The van der Waals surface area contributed by atoms with Crippen molar-refractivity contribution in [2.24, 2.45) is 0 Å². The van der Waals surface area contributed by atoms with Gasteiger partial charge in [-0.3, -0.25) is 18.6 Å². The fourth-order valence-electron chi connectivity index (χ4n) is 6.02. The van der Waals surface area contributed by atoms with Gasteiger partial charge in [-0.2, -0.15) is 0 Å². The first-order valence-electron chi connectivity index (χ1n) is 23.6. The molecule has 354 valence electrons. The van der Waals surface area contributed by atoms with Crippen molar-refractivity contribution in [3.8, 4) is 0 Å². The molecule has 0 fully saturated rings. The van der Waals surface area contributed by atoms with Gasteiger partial charge in [0.25, 0.3) is 0 Å². The van der Waals surface area contributed by atoms with E-state index < -0.39 is 57.6 Å². The summed E-state index contributed by atoms with van der Waals surface area (Å²) in [5.41, 5.74) is 0. The SMILES string of the molecule is CC/C=C\C/C=C\C/C=C\C/C=C\C/C=C\C/C=C\CCCCC(=O)NC(COP(=O)(O)OCC(O)COC(=O)CCCCCCCCC/C=C\CCCCCCCC)C(=O)O. The maximum Gasteiger partial charge on any atom is 0.472 e. The molecular formula is C50H84NO10P. The van der Waals surface area contributed by atoms with Crippen molar-refractivity contribution < 1.29 is 47.8 Å². The van der Waals surface area contributed by atoms with Gasteiger partial charge in [-0.15, -0.1) is 0 Å². The van der Waals surface area contributed by atoms with Crippen molar-refractivity contribution in [2.75, 3.05) is 19.8 Å². The summed E-state index contributed by atoms with van der Waals surface area (Å²) < 4.78 is 26.9. The third-order valence-electron chi connectivity index (χ3n) is 9.67. The molecular weight excluding hydrogens is 806 g/mol. The maximum atomic E-state index is 12.3. The molecule has 0 aromatic carbocycles. The van der Waals surface area contributed by atoms with Crippen LogP contribution in [0.1, 0.15) is 181 Å². The molecule has 0 saturated heterocycles. The number of hydrogen-bond donors (Lipinski definition) is 4. The zero-order chi connectivity index (χ0) is 45.6. The van der Waals surface area contributed by atoms with Gasteiger partial charge in [0.1, 0.15) is 12.7 Å². The molecule has 0 spiro atoms. The van der Waals surface area contributed by atoms with E-state index in [1.165, 1.54) is 64.2 Å². The lowest BCUT2D eigenvalue weighted by atomic mass is 10.1. The van der Waals surface area contributed by atoms with Crippen LogP contribution in [0.2, 0.25) is 0 Å². The number of ether oxygens (including phenoxy) is 1. The second kappa shape index (κ2) is 44.3. The number of phosphoric ester groups is 1. The molecule has 62 heavy (non-hydrogen) atoms. The lowest BCUT2D eigenvalue weighted by molar-refractivity contribution is -0.147. The highest BCUT2D eigenvalue weighted by Gasteiger charge is 2.28. The molecule has 3 unspecified atom stereocenters. The number of unbranched alkanes of at least 4 members (excludes halogenated alkanes) is 15. The molecule has 3 atom stereocenters. The van der Waals surface area contributed by atoms with Crippen LogP contribution in [0.5, 0.6) is 0 Å². The van der Waals surface area contributed by atoms with Crippen LogP contribution in [0.15, 0.2) is 85.1 Å². The van der Waals surface area contributed by atoms with Crippen molar-refractivity contribution in [3.05, 3.63) is 85.1 Å². The van der Waals surface area contributed by atoms with Gasteiger partial charge < -0.3 is 25.2 Å². The minimum absolute atomic E-state index is 0.0856. The number of carboxylic acids is 1. The van der Waals surface area contributed by atoms with Crippen LogP contribution in [0.25, 0.3) is 0 Å². The fraction of sp³-hybridized carbons (Fsp3) is 0.660. The molecule has 11 nitrogen and oxygen atoms in total. The topological polar surface area (TPSA) is 169 Å². The summed E-state index contributed by atoms with van der Waals surface area (Å²) >= 11 is 0. The molecule has 0 aliphatic heterocycles. The number of aliphatic hydroxyl groups excluding tert-OH is 1. The quantitative estimate of drug-likeness (QED) is 0.0200. The Balaban J connectivity index is 3.97. The Hall–Kier alpha value is -3.34. The van der Waals surface area contributed by atoms with Crippen molar-refractivity contribution in [1.82, 2.24) is 5.32 Å². The van der Waals surface area contributed by atoms with Crippen molar-refractivity contribution >= 4 is 25.7 Å². The zero-order valence-electron chi connectivity index (χ0n) is 38.4. The monoisotopic (exact) mass is 890 g/mol. The van der Waals surface area contributed by atoms with Gasteiger partial charge in [0.15, 0.2) is 6.04 Å². The molecule has 0 bridgehead atoms. The number of allylic oxidation sites excluding steroid dienone is 14. The molecule has 0 aromatic heterocycles. The van der Waals surface area contributed by atoms with Crippen LogP contribution >= 0.6 is 7.82 Å². The number of nitrogens with one attached hydrogen (secondary N) is 1. The first-order valence-corrected chi connectivity index (χ1v) is 25.1. The summed E-state index contributed by atoms with van der Waals surface area (Å²) in [6.07, 6.45) is 54.6. The standard InChI is InChI=1S/C50H84NO10P/c1-3-5-7-9-11-13-15-17-19-21-22-23-24-26-27-29-31-33-35-37-39-41-48(53)51-47(50(55)56)45-61-62(57,58)60-44-46(52)43-59-49(54)42-40-38-36-34-32-30-28-25-20-18-16-14-12-10-8-6-4-2/h5,7,11,13,17-20,22-23,26-27,31,33,46-47,52H,3-4,6,8-10,12,14-16,21,24-25,28-30,32,34-45H2,1-2H3,(H,51,53)(H,55,56)(H,57,58)/b7-5-,13-11-,19-17-,20-18-,23-22-,27-26-,33-31-. The Morgan fingerprint density at radius 2 is 0.935 bits per heavy atom. The second-order valence-electron chi connectivity index (χ2n) is 15.6. The number of carbonyl (C=O) groups is 3. The van der Waals surface area contributed by atoms with E-state index in [1.54, 1.807) is 0 Å². The number of aliphatic carboxylic acids is 1. The minimum Gasteiger partial charge on any atom is -0.480 e. The zero-order valence-corrected chi connectivity index (χ0v) is 39.3. The highest BCUT2D eigenvalue weighted by atomic mass is 31.2. The van der Waals surface area contributed by atoms with Crippen LogP contribution < -0.4 is 5.32 Å². The van der Waals surface area contributed by atoms with Gasteiger partial charge in [0, 0.05) is 12.8 Å². The molecule has 0 radical (unpaired) electrons. The van der Waals surface area contributed by atoms with E-state index >= 15 is 0 Å². The van der Waals surface area contributed by atoms with E-state index in [0.717, 1.165) is 77.0 Å². The van der Waals surface area contributed by atoms with Crippen molar-refractivity contribution in [2.45, 2.75) is 193 Å². The summed E-state index contributed by atoms with van der Waals surface area (Å²) in [6.45, 7) is 2.44. The van der Waals surface area contributed by atoms with Crippen LogP contribution in [0, 0.1) is 0 Å². The van der Waals surface area contributed by atoms with Crippen molar-refractivity contribution in [3.63, 3.8) is 0 Å². The summed E-state index contributed by atoms with van der Waals surface area (Å²) in [5.74, 6) is -2.45. The maximum absolute atomic E-state index is 12.3. The number of rotatable bonds is 43. The largest absolute Gasteiger partial charge is 0.480 e. The molecule has 0 aliphatic carbocycles. The number of carbonyl (C=O) groups excluding carboxylic acids is 2. The highest BCUT2D eigenvalue weighted by molar-refractivity contribution is 7.47. The van der Waals surface area contributed by atoms with Gasteiger partial charge >= 0.3 is 19.8 Å². The molecule has 0 heterocycles. The molecule has 12 heteroatoms. The average molecular weight is 890 g/mol. The van der Waals surface area contributed by atoms with E-state index in [1.807, 2.05) is 6.08 Å². The summed E-state index contributed by atoms with van der Waals surface area (Å²) in [5, 5.41) is 21.8. The first-order chi connectivity index (χ1) is 30.1. The van der Waals surface area contributed by atoms with E-state index in [2.05, 4.69) is 98.2 Å². The predicted molar refractivity (Wildman–Crippen MR) is 254 cm³/mol. The Kier molecular flexibility index (Phi) is 41.9. The average Bonchev–Trinajstić information content (AvgIpc) is 3.25. The molecule has 0 saturated carbocycles. The molecule has 0 aromatic rings. The number of phosphoric acid groups is 1. The number of aliphatic hydroxyl groups is 1. The lowest BCUT2D eigenvalue weighted by Crippen LogP contribution is -2.43. The highest BCUT2D eigenvalue weighted by Crippen LogP contribution is 2.43. The molecule has 1 amide bonds. The second-order valence-corrected chi connectivity index (χ2v) is 17.0. The third kappa shape index (κ3) is 43.3. The fourth-order valence-corrected chi connectivity index (χ4v) is 6.79. The Labute approximate surface area is 375 Å². The predicted octanol–water partition coefficient (Wildman–Crippen LogP) is 12.7.